The Labute approximate surface area is 106 Å². The van der Waals surface area contributed by atoms with Crippen LogP contribution in [0.15, 0.2) is 30.6 Å². The Morgan fingerprint density at radius 2 is 2.17 bits per heavy atom. The summed E-state index contributed by atoms with van der Waals surface area (Å²) in [6.07, 6.45) is 3.59. The van der Waals surface area contributed by atoms with E-state index >= 15 is 0 Å². The van der Waals surface area contributed by atoms with Gasteiger partial charge in [0.05, 0.1) is 26.5 Å². The lowest BCUT2D eigenvalue weighted by molar-refractivity contribution is 0.183. The molecule has 1 aromatic carbocycles. The van der Waals surface area contributed by atoms with Gasteiger partial charge in [-0.05, 0) is 12.1 Å². The minimum absolute atomic E-state index is 0.181. The minimum Gasteiger partial charge on any atom is -0.507 e. The first-order valence-corrected chi connectivity index (χ1v) is 5.63. The molecule has 0 aliphatic rings. The van der Waals surface area contributed by atoms with Gasteiger partial charge in [0.1, 0.15) is 11.5 Å². The van der Waals surface area contributed by atoms with Gasteiger partial charge < -0.3 is 14.6 Å². The minimum atomic E-state index is 0.181. The van der Waals surface area contributed by atoms with Crippen molar-refractivity contribution in [2.75, 3.05) is 20.8 Å². The summed E-state index contributed by atoms with van der Waals surface area (Å²) < 4.78 is 11.8. The number of ether oxygens (including phenoxy) is 2. The number of phenols is 1. The van der Waals surface area contributed by atoms with E-state index in [1.807, 2.05) is 18.3 Å². The molecule has 0 aliphatic heterocycles. The fourth-order valence-corrected chi connectivity index (χ4v) is 1.69. The summed E-state index contributed by atoms with van der Waals surface area (Å²) in [5, 5.41) is 14.1. The van der Waals surface area contributed by atoms with Crippen molar-refractivity contribution in [3.63, 3.8) is 0 Å². The Morgan fingerprint density at radius 1 is 1.33 bits per heavy atom. The monoisotopic (exact) mass is 248 g/mol. The average Bonchev–Trinajstić information content (AvgIpc) is 2.84. The average molecular weight is 248 g/mol. The largest absolute Gasteiger partial charge is 0.507 e. The normalized spacial score (nSPS) is 10.6. The van der Waals surface area contributed by atoms with Crippen molar-refractivity contribution in [2.24, 2.45) is 0 Å². The van der Waals surface area contributed by atoms with Crippen LogP contribution in [0, 0.1) is 0 Å². The fraction of sp³-hybridized carbons (Fsp3) is 0.308. The van der Waals surface area contributed by atoms with Crippen molar-refractivity contribution >= 4 is 0 Å². The van der Waals surface area contributed by atoms with Crippen LogP contribution in [0.25, 0.3) is 11.1 Å². The molecular formula is C13H16N2O3. The molecular weight excluding hydrogens is 232 g/mol. The molecule has 5 heteroatoms. The Kier molecular flexibility index (Phi) is 3.84. The number of phenolic OH excluding ortho intramolecular Hbond substituents is 1. The van der Waals surface area contributed by atoms with Gasteiger partial charge in [-0.15, -0.1) is 0 Å². The second kappa shape index (κ2) is 5.55. The Bertz CT molecular complexity index is 523. The predicted molar refractivity (Wildman–Crippen MR) is 67.8 cm³/mol. The molecule has 0 atom stereocenters. The summed E-state index contributed by atoms with van der Waals surface area (Å²) in [7, 11) is 3.22. The van der Waals surface area contributed by atoms with Crippen LogP contribution in [0.4, 0.5) is 0 Å². The van der Waals surface area contributed by atoms with E-state index < -0.39 is 0 Å². The molecule has 0 fully saturated rings. The summed E-state index contributed by atoms with van der Waals surface area (Å²) in [5.74, 6) is 0.809. The van der Waals surface area contributed by atoms with Crippen molar-refractivity contribution < 1.29 is 14.6 Å². The molecule has 2 aromatic rings. The summed E-state index contributed by atoms with van der Waals surface area (Å²) in [4.78, 5) is 0. The SMILES string of the molecule is COCCn1cc(-c2ccc(OC)cc2O)cn1. The zero-order chi connectivity index (χ0) is 13.0. The van der Waals surface area contributed by atoms with E-state index in [1.165, 1.54) is 0 Å². The van der Waals surface area contributed by atoms with E-state index in [0.29, 0.717) is 18.9 Å². The second-order valence-corrected chi connectivity index (χ2v) is 3.87. The third kappa shape index (κ3) is 2.62. The standard InChI is InChI=1S/C13H16N2O3/c1-17-6-5-15-9-10(8-14-15)12-4-3-11(18-2)7-13(12)16/h3-4,7-9,16H,5-6H2,1-2H3. The quantitative estimate of drug-likeness (QED) is 0.878. The summed E-state index contributed by atoms with van der Waals surface area (Å²) in [6.45, 7) is 1.29. The Hall–Kier alpha value is -2.01. The third-order valence-corrected chi connectivity index (χ3v) is 2.67. The molecule has 0 amide bonds. The van der Waals surface area contributed by atoms with E-state index in [9.17, 15) is 5.11 Å². The van der Waals surface area contributed by atoms with Crippen molar-refractivity contribution in [2.45, 2.75) is 6.54 Å². The number of aromatic hydroxyl groups is 1. The lowest BCUT2D eigenvalue weighted by Gasteiger charge is -2.04. The molecule has 0 saturated carbocycles. The molecule has 0 radical (unpaired) electrons. The lowest BCUT2D eigenvalue weighted by Crippen LogP contribution is -2.03. The summed E-state index contributed by atoms with van der Waals surface area (Å²) in [5.41, 5.74) is 1.60. The van der Waals surface area contributed by atoms with Crippen molar-refractivity contribution in [3.8, 4) is 22.6 Å². The third-order valence-electron chi connectivity index (χ3n) is 2.67. The van der Waals surface area contributed by atoms with E-state index in [-0.39, 0.29) is 5.75 Å². The van der Waals surface area contributed by atoms with Gasteiger partial charge in [-0.1, -0.05) is 0 Å². The van der Waals surface area contributed by atoms with E-state index in [1.54, 1.807) is 31.2 Å². The summed E-state index contributed by atoms with van der Waals surface area (Å²) >= 11 is 0. The Morgan fingerprint density at radius 3 is 2.83 bits per heavy atom. The maximum Gasteiger partial charge on any atom is 0.127 e. The van der Waals surface area contributed by atoms with Crippen LogP contribution in [0.3, 0.4) is 0 Å². The molecule has 0 unspecified atom stereocenters. The number of hydrogen-bond donors (Lipinski definition) is 1. The van der Waals surface area contributed by atoms with Gasteiger partial charge in [-0.3, -0.25) is 4.68 Å². The van der Waals surface area contributed by atoms with Crippen molar-refractivity contribution in [1.29, 1.82) is 0 Å². The molecule has 1 N–H and O–H groups in total. The highest BCUT2D eigenvalue weighted by Gasteiger charge is 2.08. The molecule has 5 nitrogen and oxygen atoms in total. The first kappa shape index (κ1) is 12.4. The maximum atomic E-state index is 9.92. The summed E-state index contributed by atoms with van der Waals surface area (Å²) in [6, 6.07) is 5.20. The molecule has 96 valence electrons. The molecule has 1 heterocycles. The molecule has 0 aliphatic carbocycles. The number of rotatable bonds is 5. The highest BCUT2D eigenvalue weighted by Crippen LogP contribution is 2.31. The van der Waals surface area contributed by atoms with E-state index in [2.05, 4.69) is 5.10 Å². The molecule has 2 rings (SSSR count). The van der Waals surface area contributed by atoms with Crippen LogP contribution >= 0.6 is 0 Å². The zero-order valence-electron chi connectivity index (χ0n) is 10.5. The maximum absolute atomic E-state index is 9.92. The van der Waals surface area contributed by atoms with Crippen LogP contribution in [0.1, 0.15) is 0 Å². The molecule has 0 saturated heterocycles. The van der Waals surface area contributed by atoms with Gasteiger partial charge in [0.25, 0.3) is 0 Å². The molecule has 18 heavy (non-hydrogen) atoms. The number of benzene rings is 1. The molecule has 0 spiro atoms. The van der Waals surface area contributed by atoms with Crippen molar-refractivity contribution in [3.05, 3.63) is 30.6 Å². The first-order chi connectivity index (χ1) is 8.74. The van der Waals surface area contributed by atoms with Crippen molar-refractivity contribution in [1.82, 2.24) is 9.78 Å². The van der Waals surface area contributed by atoms with Crippen LogP contribution in [0.2, 0.25) is 0 Å². The van der Waals surface area contributed by atoms with Gasteiger partial charge in [0, 0.05) is 30.5 Å². The van der Waals surface area contributed by atoms with Gasteiger partial charge >= 0.3 is 0 Å². The van der Waals surface area contributed by atoms with Crippen LogP contribution in [0.5, 0.6) is 11.5 Å². The molecule has 0 bridgehead atoms. The topological polar surface area (TPSA) is 56.5 Å². The zero-order valence-corrected chi connectivity index (χ0v) is 10.5. The fourth-order valence-electron chi connectivity index (χ4n) is 1.69. The lowest BCUT2D eigenvalue weighted by atomic mass is 10.1. The van der Waals surface area contributed by atoms with Crippen LogP contribution in [-0.4, -0.2) is 35.7 Å². The predicted octanol–water partition coefficient (Wildman–Crippen LogP) is 1.91. The van der Waals surface area contributed by atoms with Gasteiger partial charge in [-0.2, -0.15) is 5.10 Å². The highest BCUT2D eigenvalue weighted by atomic mass is 16.5. The van der Waals surface area contributed by atoms with E-state index in [4.69, 9.17) is 9.47 Å². The highest BCUT2D eigenvalue weighted by molar-refractivity contribution is 5.69. The second-order valence-electron chi connectivity index (χ2n) is 3.87. The first-order valence-electron chi connectivity index (χ1n) is 5.63. The van der Waals surface area contributed by atoms with Gasteiger partial charge in [-0.25, -0.2) is 0 Å². The van der Waals surface area contributed by atoms with E-state index in [0.717, 1.165) is 11.1 Å². The number of nitrogens with zero attached hydrogens (tertiary/aromatic N) is 2. The van der Waals surface area contributed by atoms with Gasteiger partial charge in [0.15, 0.2) is 0 Å². The molecule has 1 aromatic heterocycles. The smallest absolute Gasteiger partial charge is 0.127 e. The van der Waals surface area contributed by atoms with Crippen LogP contribution in [-0.2, 0) is 11.3 Å². The van der Waals surface area contributed by atoms with Gasteiger partial charge in [0.2, 0.25) is 0 Å². The number of methoxy groups -OCH3 is 2. The van der Waals surface area contributed by atoms with Crippen LogP contribution < -0.4 is 4.74 Å². The number of aromatic nitrogens is 2. The Balaban J connectivity index is 2.23. The number of hydrogen-bond acceptors (Lipinski definition) is 4.